The zero-order chi connectivity index (χ0) is 37.6. The summed E-state index contributed by atoms with van der Waals surface area (Å²) in [5, 5.41) is 2.78. The van der Waals surface area contributed by atoms with Gasteiger partial charge < -0.3 is 5.53 Å². The molecule has 290 valence electrons. The summed E-state index contributed by atoms with van der Waals surface area (Å²) in [5.74, 6) is 0. The first-order chi connectivity index (χ1) is 24.7. The second kappa shape index (κ2) is 25.9. The number of hydrogen-bond acceptors (Lipinski definition) is 0. The average Bonchev–Trinajstić information content (AvgIpc) is 3.38. The summed E-state index contributed by atoms with van der Waals surface area (Å²) < 4.78 is 1.59. The van der Waals surface area contributed by atoms with Gasteiger partial charge in [0.15, 0.2) is 0 Å². The second-order valence-corrected chi connectivity index (χ2v) is 16.6. The third-order valence-electron chi connectivity index (χ3n) is 10.6. The standard InChI is InChI=1S/C40H60N2.2C4H9.Ni/c1-9-13-17-20-24-38-37(21-16-12-4)39(33-25-29(5)35(30(6)26-33)22-18-14-10-2)42(41)40(38)34-27-31(7)36(32(8)28-34)23-19-15-11-3;2*1-3-4-2;/h25-28H,9-24H2,1-8H3;2*1,3-4H2,2H3;. The first-order valence-electron chi connectivity index (χ1n) is 21.3. The van der Waals surface area contributed by atoms with Crippen molar-refractivity contribution in [3.63, 3.8) is 0 Å². The number of allylic oxidation sites excluding steroid dienone is 2. The molecule has 0 N–H and O–H groups in total. The van der Waals surface area contributed by atoms with Crippen molar-refractivity contribution in [2.45, 2.75) is 208 Å². The Balaban J connectivity index is 0.000000880. The van der Waals surface area contributed by atoms with Crippen molar-refractivity contribution in [1.82, 2.24) is 0 Å². The second-order valence-electron chi connectivity index (χ2n) is 15.2. The molecule has 0 saturated carbocycles. The first kappa shape index (κ1) is 45.2. The van der Waals surface area contributed by atoms with Crippen molar-refractivity contribution >= 4 is 11.4 Å². The van der Waals surface area contributed by atoms with Crippen molar-refractivity contribution in [3.8, 4) is 0 Å². The van der Waals surface area contributed by atoms with Crippen LogP contribution in [0.5, 0.6) is 0 Å². The molecular formula is C48H78N2Ni. The van der Waals surface area contributed by atoms with E-state index in [1.807, 2.05) is 14.4 Å². The average molecular weight is 742 g/mol. The molecule has 1 heterocycles. The van der Waals surface area contributed by atoms with Gasteiger partial charge in [-0.1, -0.05) is 79.1 Å². The molecule has 3 heteroatoms. The zero-order valence-electron chi connectivity index (χ0n) is 35.1. The summed E-state index contributed by atoms with van der Waals surface area (Å²) in [6.07, 6.45) is 24.6. The number of nitrogens with zero attached hydrogens (tertiary/aromatic N) is 2. The SMILES string of the molecule is CCCCCCC1=C(c2cc(C)c(CCCCC)c(C)c2)[N+](=[N-])C(c2cc(C)c(CCCCC)c(C)c2)=C1CCCC.CCC[CH2][Ni][CH2]CCC. The molecule has 1 aliphatic heterocycles. The fourth-order valence-electron chi connectivity index (χ4n) is 7.48. The molecule has 1 aliphatic rings. The van der Waals surface area contributed by atoms with Gasteiger partial charge in [0.05, 0.1) is 0 Å². The Kier molecular flexibility index (Phi) is 22.9. The fraction of sp³-hybridized carbons (Fsp3) is 0.667. The predicted molar refractivity (Wildman–Crippen MR) is 223 cm³/mol. The number of benzene rings is 2. The fourth-order valence-corrected chi connectivity index (χ4v) is 8.92. The van der Waals surface area contributed by atoms with E-state index in [4.69, 9.17) is 0 Å². The predicted octanol–water partition coefficient (Wildman–Crippen LogP) is 16.2. The van der Waals surface area contributed by atoms with Crippen LogP contribution in [0.3, 0.4) is 0 Å². The van der Waals surface area contributed by atoms with E-state index in [1.54, 1.807) is 4.70 Å². The summed E-state index contributed by atoms with van der Waals surface area (Å²) in [5.41, 5.74) is 27.7. The molecule has 0 saturated heterocycles. The molecule has 0 spiro atoms. The van der Waals surface area contributed by atoms with Gasteiger partial charge in [0.2, 0.25) is 11.4 Å². The van der Waals surface area contributed by atoms with Crippen molar-refractivity contribution in [2.24, 2.45) is 0 Å². The van der Waals surface area contributed by atoms with Gasteiger partial charge in [0.25, 0.3) is 0 Å². The number of unbranched alkanes of at least 4 members (excludes halogenated alkanes) is 10. The minimum absolute atomic E-state index is 1.01. The van der Waals surface area contributed by atoms with Gasteiger partial charge in [-0.15, -0.1) is 0 Å². The monoisotopic (exact) mass is 741 g/mol. The molecule has 51 heavy (non-hydrogen) atoms. The maximum absolute atomic E-state index is 12.2. The van der Waals surface area contributed by atoms with Gasteiger partial charge in [0.1, 0.15) is 0 Å². The molecule has 0 aromatic heterocycles. The van der Waals surface area contributed by atoms with Crippen LogP contribution in [-0.2, 0) is 27.3 Å². The van der Waals surface area contributed by atoms with Crippen molar-refractivity contribution in [1.29, 1.82) is 0 Å². The number of aryl methyl sites for hydroxylation is 4. The summed E-state index contributed by atoms with van der Waals surface area (Å²) in [7, 11) is 0. The van der Waals surface area contributed by atoms with E-state index in [9.17, 15) is 5.53 Å². The van der Waals surface area contributed by atoms with E-state index in [2.05, 4.69) is 93.5 Å². The molecule has 2 aromatic rings. The number of hydrogen-bond donors (Lipinski definition) is 0. The molecule has 2 aromatic carbocycles. The molecule has 3 rings (SSSR count). The van der Waals surface area contributed by atoms with Gasteiger partial charge in [-0.2, -0.15) is 0 Å². The van der Waals surface area contributed by atoms with E-state index in [-0.39, 0.29) is 0 Å². The van der Waals surface area contributed by atoms with Crippen LogP contribution in [-0.4, -0.2) is 4.70 Å². The van der Waals surface area contributed by atoms with Gasteiger partial charge in [0, 0.05) is 22.3 Å². The van der Waals surface area contributed by atoms with Crippen LogP contribution < -0.4 is 0 Å². The van der Waals surface area contributed by atoms with E-state index < -0.39 is 0 Å². The van der Waals surface area contributed by atoms with E-state index >= 15 is 0 Å². The molecule has 0 fully saturated rings. The molecule has 0 unspecified atom stereocenters. The van der Waals surface area contributed by atoms with Crippen LogP contribution in [0.15, 0.2) is 35.4 Å². The molecule has 0 bridgehead atoms. The van der Waals surface area contributed by atoms with Gasteiger partial charge in [-0.25, -0.2) is 4.70 Å². The Morgan fingerprint density at radius 3 is 1.14 bits per heavy atom. The summed E-state index contributed by atoms with van der Waals surface area (Å²) in [6.45, 7) is 22.7. The van der Waals surface area contributed by atoms with Crippen molar-refractivity contribution < 1.29 is 19.1 Å². The minimum atomic E-state index is 1.01. The third kappa shape index (κ3) is 14.4. The van der Waals surface area contributed by atoms with Crippen LogP contribution in [0.4, 0.5) is 0 Å². The van der Waals surface area contributed by atoms with Gasteiger partial charge >= 0.3 is 64.8 Å². The Hall–Kier alpha value is -1.99. The Morgan fingerprint density at radius 2 is 0.765 bits per heavy atom. The summed E-state index contributed by atoms with van der Waals surface area (Å²) >= 11 is 1.94. The van der Waals surface area contributed by atoms with Gasteiger partial charge in [-0.3, -0.25) is 0 Å². The molecule has 0 atom stereocenters. The summed E-state index contributed by atoms with van der Waals surface area (Å²) in [4.78, 5) is 0. The Labute approximate surface area is 323 Å². The van der Waals surface area contributed by atoms with Crippen LogP contribution >= 0.6 is 0 Å². The van der Waals surface area contributed by atoms with E-state index in [0.717, 1.165) is 49.9 Å². The normalized spacial score (nSPS) is 13.1. The summed E-state index contributed by atoms with van der Waals surface area (Å²) in [6, 6.07) is 9.41. The topological polar surface area (TPSA) is 25.3 Å². The van der Waals surface area contributed by atoms with Crippen molar-refractivity contribution in [2.75, 3.05) is 0 Å². The van der Waals surface area contributed by atoms with Gasteiger partial charge in [-0.05, 0) is 137 Å². The van der Waals surface area contributed by atoms with Crippen LogP contribution in [0, 0.1) is 27.7 Å². The van der Waals surface area contributed by atoms with E-state index in [0.29, 0.717) is 0 Å². The molecule has 0 aliphatic carbocycles. The Morgan fingerprint density at radius 1 is 0.431 bits per heavy atom. The number of rotatable bonds is 24. The van der Waals surface area contributed by atoms with Crippen molar-refractivity contribution in [3.05, 3.63) is 85.5 Å². The van der Waals surface area contributed by atoms with E-state index in [1.165, 1.54) is 156 Å². The third-order valence-corrected chi connectivity index (χ3v) is 12.0. The first-order valence-corrected chi connectivity index (χ1v) is 22.7. The van der Waals surface area contributed by atoms with Crippen LogP contribution in [0.2, 0.25) is 10.8 Å². The molecule has 0 amide bonds. The van der Waals surface area contributed by atoms with Crippen LogP contribution in [0.1, 0.15) is 202 Å². The van der Waals surface area contributed by atoms with Crippen LogP contribution in [0.25, 0.3) is 16.9 Å². The maximum atomic E-state index is 12.2. The molecule has 2 nitrogen and oxygen atoms in total. The Bertz CT molecular complexity index is 1340. The molecular weight excluding hydrogens is 663 g/mol. The zero-order valence-corrected chi connectivity index (χ0v) is 36.1. The quantitative estimate of drug-likeness (QED) is 0.0582. The molecule has 0 radical (unpaired) electrons.